The molecule has 0 radical (unpaired) electrons. The second kappa shape index (κ2) is 4.04. The summed E-state index contributed by atoms with van der Waals surface area (Å²) in [6.07, 6.45) is 3.49. The highest BCUT2D eigenvalue weighted by Crippen LogP contribution is 2.26. The lowest BCUT2D eigenvalue weighted by molar-refractivity contribution is 1.30. The molecular weight excluding hydrogens is 226 g/mol. The molecule has 2 aromatic rings. The van der Waals surface area contributed by atoms with Gasteiger partial charge in [-0.05, 0) is 19.1 Å². The zero-order chi connectivity index (χ0) is 10.8. The molecule has 15 heavy (non-hydrogen) atoms. The SMILES string of the molecule is Cc1sc(-c2ccncc2)nc1C(N)=S. The van der Waals surface area contributed by atoms with Crippen molar-refractivity contribution in [1.29, 1.82) is 0 Å². The van der Waals surface area contributed by atoms with Crippen LogP contribution in [0.4, 0.5) is 0 Å². The van der Waals surface area contributed by atoms with Gasteiger partial charge in [-0.2, -0.15) is 0 Å². The van der Waals surface area contributed by atoms with Crippen LogP contribution in [-0.2, 0) is 0 Å². The molecular formula is C10H9N3S2. The van der Waals surface area contributed by atoms with Gasteiger partial charge in [-0.3, -0.25) is 4.98 Å². The van der Waals surface area contributed by atoms with E-state index in [1.54, 1.807) is 23.7 Å². The smallest absolute Gasteiger partial charge is 0.124 e. The maximum Gasteiger partial charge on any atom is 0.124 e. The maximum absolute atomic E-state index is 5.57. The molecule has 0 aliphatic heterocycles. The Labute approximate surface area is 97.0 Å². The van der Waals surface area contributed by atoms with E-state index >= 15 is 0 Å². The third kappa shape index (κ3) is 2.03. The van der Waals surface area contributed by atoms with Gasteiger partial charge in [0.15, 0.2) is 0 Å². The summed E-state index contributed by atoms with van der Waals surface area (Å²) in [5, 5.41) is 0.928. The van der Waals surface area contributed by atoms with Crippen LogP contribution < -0.4 is 5.73 Å². The first-order valence-electron chi connectivity index (χ1n) is 4.36. The number of pyridine rings is 1. The molecule has 2 rings (SSSR count). The Morgan fingerprint density at radius 1 is 1.40 bits per heavy atom. The summed E-state index contributed by atoms with van der Waals surface area (Å²) in [5.74, 6) is 0. The van der Waals surface area contributed by atoms with Crippen molar-refractivity contribution in [3.8, 4) is 10.6 Å². The van der Waals surface area contributed by atoms with Gasteiger partial charge in [0.2, 0.25) is 0 Å². The predicted octanol–water partition coefficient (Wildman–Crippen LogP) is 2.15. The Morgan fingerprint density at radius 2 is 2.07 bits per heavy atom. The molecule has 0 unspecified atom stereocenters. The minimum absolute atomic E-state index is 0.351. The molecule has 0 atom stereocenters. The monoisotopic (exact) mass is 235 g/mol. The number of thiazole rings is 1. The molecule has 0 bridgehead atoms. The van der Waals surface area contributed by atoms with Gasteiger partial charge < -0.3 is 5.73 Å². The number of aromatic nitrogens is 2. The summed E-state index contributed by atoms with van der Waals surface area (Å²) >= 11 is 6.51. The normalized spacial score (nSPS) is 10.2. The van der Waals surface area contributed by atoms with Crippen molar-refractivity contribution < 1.29 is 0 Å². The van der Waals surface area contributed by atoms with Gasteiger partial charge in [0.1, 0.15) is 15.7 Å². The van der Waals surface area contributed by atoms with Crippen molar-refractivity contribution in [2.24, 2.45) is 5.73 Å². The fourth-order valence-corrected chi connectivity index (χ4v) is 2.44. The number of hydrogen-bond donors (Lipinski definition) is 1. The van der Waals surface area contributed by atoms with Crippen LogP contribution in [-0.4, -0.2) is 15.0 Å². The number of hydrogen-bond acceptors (Lipinski definition) is 4. The van der Waals surface area contributed by atoms with E-state index in [-0.39, 0.29) is 0 Å². The number of rotatable bonds is 2. The van der Waals surface area contributed by atoms with E-state index in [4.69, 9.17) is 18.0 Å². The molecule has 2 heterocycles. The maximum atomic E-state index is 5.57. The minimum Gasteiger partial charge on any atom is -0.388 e. The van der Waals surface area contributed by atoms with Gasteiger partial charge >= 0.3 is 0 Å². The minimum atomic E-state index is 0.351. The van der Waals surface area contributed by atoms with Gasteiger partial charge in [-0.15, -0.1) is 11.3 Å². The molecule has 0 fully saturated rings. The van der Waals surface area contributed by atoms with E-state index < -0.39 is 0 Å². The first kappa shape index (κ1) is 10.2. The largest absolute Gasteiger partial charge is 0.388 e. The van der Waals surface area contributed by atoms with Crippen LogP contribution in [0.15, 0.2) is 24.5 Å². The number of aryl methyl sites for hydroxylation is 1. The Bertz CT molecular complexity index is 491. The predicted molar refractivity (Wildman–Crippen MR) is 66.0 cm³/mol. The summed E-state index contributed by atoms with van der Waals surface area (Å²) in [6, 6.07) is 3.84. The van der Waals surface area contributed by atoms with E-state index in [0.29, 0.717) is 4.99 Å². The molecule has 0 aliphatic carbocycles. The van der Waals surface area contributed by atoms with E-state index in [2.05, 4.69) is 9.97 Å². The van der Waals surface area contributed by atoms with Gasteiger partial charge in [0, 0.05) is 22.8 Å². The lowest BCUT2D eigenvalue weighted by Gasteiger charge is -1.93. The molecule has 3 nitrogen and oxygen atoms in total. The van der Waals surface area contributed by atoms with Crippen molar-refractivity contribution in [1.82, 2.24) is 9.97 Å². The third-order valence-electron chi connectivity index (χ3n) is 1.96. The number of nitrogens with zero attached hydrogens (tertiary/aromatic N) is 2. The second-order valence-corrected chi connectivity index (χ2v) is 4.67. The van der Waals surface area contributed by atoms with E-state index in [9.17, 15) is 0 Å². The first-order chi connectivity index (χ1) is 7.18. The molecule has 0 amide bonds. The van der Waals surface area contributed by atoms with E-state index in [1.807, 2.05) is 19.1 Å². The van der Waals surface area contributed by atoms with Crippen molar-refractivity contribution in [2.75, 3.05) is 0 Å². The summed E-state index contributed by atoms with van der Waals surface area (Å²) in [6.45, 7) is 1.97. The summed E-state index contributed by atoms with van der Waals surface area (Å²) in [4.78, 5) is 9.77. The number of nitrogens with two attached hydrogens (primary N) is 1. The molecule has 2 N–H and O–H groups in total. The quantitative estimate of drug-likeness (QED) is 0.810. The van der Waals surface area contributed by atoms with Crippen LogP contribution >= 0.6 is 23.6 Å². The molecule has 0 aliphatic rings. The van der Waals surface area contributed by atoms with Crippen molar-refractivity contribution in [2.45, 2.75) is 6.92 Å². The van der Waals surface area contributed by atoms with E-state index in [1.165, 1.54) is 0 Å². The van der Waals surface area contributed by atoms with Crippen molar-refractivity contribution >= 4 is 28.5 Å². The van der Waals surface area contributed by atoms with Gasteiger partial charge in [-0.25, -0.2) is 4.98 Å². The van der Waals surface area contributed by atoms with E-state index in [0.717, 1.165) is 21.1 Å². The third-order valence-corrected chi connectivity index (χ3v) is 3.17. The van der Waals surface area contributed by atoms with Crippen LogP contribution in [0.2, 0.25) is 0 Å². The lowest BCUT2D eigenvalue weighted by Crippen LogP contribution is -2.10. The zero-order valence-corrected chi connectivity index (χ0v) is 9.73. The summed E-state index contributed by atoms with van der Waals surface area (Å²) in [5.41, 5.74) is 7.34. The van der Waals surface area contributed by atoms with Gasteiger partial charge in [0.05, 0.1) is 0 Å². The highest BCUT2D eigenvalue weighted by Gasteiger charge is 2.10. The fraction of sp³-hybridized carbons (Fsp3) is 0.100. The highest BCUT2D eigenvalue weighted by molar-refractivity contribution is 7.80. The average Bonchev–Trinajstić information content (AvgIpc) is 2.62. The zero-order valence-electron chi connectivity index (χ0n) is 8.10. The lowest BCUT2D eigenvalue weighted by atomic mass is 10.3. The van der Waals surface area contributed by atoms with Crippen LogP contribution in [0.1, 0.15) is 10.6 Å². The molecule has 0 spiro atoms. The Balaban J connectivity index is 2.48. The Kier molecular flexibility index (Phi) is 2.75. The molecule has 2 aromatic heterocycles. The topological polar surface area (TPSA) is 51.8 Å². The van der Waals surface area contributed by atoms with Crippen LogP contribution in [0, 0.1) is 6.92 Å². The van der Waals surface area contributed by atoms with Gasteiger partial charge in [-0.1, -0.05) is 12.2 Å². The van der Waals surface area contributed by atoms with Crippen LogP contribution in [0.25, 0.3) is 10.6 Å². The highest BCUT2D eigenvalue weighted by atomic mass is 32.1. The first-order valence-corrected chi connectivity index (χ1v) is 5.58. The summed E-state index contributed by atoms with van der Waals surface area (Å²) < 4.78 is 0. The standard InChI is InChI=1S/C10H9N3S2/c1-6-8(9(11)14)13-10(15-6)7-2-4-12-5-3-7/h2-5H,1H3,(H2,11,14). The summed E-state index contributed by atoms with van der Waals surface area (Å²) in [7, 11) is 0. The number of thiocarbonyl (C=S) groups is 1. The average molecular weight is 235 g/mol. The van der Waals surface area contributed by atoms with Crippen LogP contribution in [0.5, 0.6) is 0 Å². The second-order valence-electron chi connectivity index (χ2n) is 3.02. The Morgan fingerprint density at radius 3 is 2.60 bits per heavy atom. The molecule has 0 saturated carbocycles. The van der Waals surface area contributed by atoms with Gasteiger partial charge in [0.25, 0.3) is 0 Å². The molecule has 5 heteroatoms. The van der Waals surface area contributed by atoms with Crippen LogP contribution in [0.3, 0.4) is 0 Å². The Hall–Kier alpha value is -1.33. The molecule has 0 saturated heterocycles. The fourth-order valence-electron chi connectivity index (χ4n) is 1.24. The molecule has 0 aromatic carbocycles. The van der Waals surface area contributed by atoms with Crippen molar-refractivity contribution in [3.05, 3.63) is 35.1 Å². The van der Waals surface area contributed by atoms with Crippen molar-refractivity contribution in [3.63, 3.8) is 0 Å². The molecule has 76 valence electrons.